The number of aromatic nitrogens is 1. The van der Waals surface area contributed by atoms with Gasteiger partial charge in [0.05, 0.1) is 22.4 Å². The zero-order valence-electron chi connectivity index (χ0n) is 17.0. The number of hydrogen-bond donors (Lipinski definition) is 2. The highest BCUT2D eigenvalue weighted by atomic mass is 35.5. The molecule has 0 aliphatic carbocycles. The highest BCUT2D eigenvalue weighted by molar-refractivity contribution is 6.33. The van der Waals surface area contributed by atoms with Crippen LogP contribution in [0.1, 0.15) is 39.3 Å². The molecule has 2 heterocycles. The largest absolute Gasteiger partial charge is 0.376 e. The summed E-state index contributed by atoms with van der Waals surface area (Å²) in [6.07, 6.45) is 1.96. The maximum absolute atomic E-state index is 13.1. The Balaban J connectivity index is 1.56. The van der Waals surface area contributed by atoms with E-state index in [4.69, 9.17) is 20.9 Å². The Hall–Kier alpha value is -3.16. The minimum atomic E-state index is -0.437. The summed E-state index contributed by atoms with van der Waals surface area (Å²) in [6.45, 7) is 2.81. The molecule has 1 saturated heterocycles. The molecular weight excluding hydrogens is 418 g/mol. The lowest BCUT2D eigenvalue weighted by Crippen LogP contribution is -2.32. The zero-order valence-corrected chi connectivity index (χ0v) is 17.7. The molecule has 1 aromatic heterocycles. The Kier molecular flexibility index (Phi) is 6.34. The summed E-state index contributed by atoms with van der Waals surface area (Å²) >= 11 is 6.28. The Morgan fingerprint density at radius 1 is 1.13 bits per heavy atom. The van der Waals surface area contributed by atoms with Gasteiger partial charge in [0.1, 0.15) is 17.0 Å². The molecule has 1 aliphatic heterocycles. The third kappa shape index (κ3) is 4.62. The summed E-state index contributed by atoms with van der Waals surface area (Å²) in [6, 6.07) is 13.9. The van der Waals surface area contributed by atoms with Gasteiger partial charge in [-0.3, -0.25) is 9.59 Å². The van der Waals surface area contributed by atoms with Crippen LogP contribution in [0.25, 0.3) is 11.3 Å². The van der Waals surface area contributed by atoms with Crippen LogP contribution < -0.4 is 10.6 Å². The summed E-state index contributed by atoms with van der Waals surface area (Å²) < 4.78 is 10.8. The molecule has 2 N–H and O–H groups in total. The maximum atomic E-state index is 13.1. The number of nitrogens with zero attached hydrogens (tertiary/aromatic N) is 1. The fourth-order valence-electron chi connectivity index (χ4n) is 3.56. The van der Waals surface area contributed by atoms with Crippen LogP contribution in [0.5, 0.6) is 0 Å². The Morgan fingerprint density at radius 2 is 1.90 bits per heavy atom. The Labute approximate surface area is 184 Å². The van der Waals surface area contributed by atoms with Crippen molar-refractivity contribution in [1.29, 1.82) is 0 Å². The number of nitrogens with one attached hydrogen (secondary N) is 2. The predicted octanol–water partition coefficient (Wildman–Crippen LogP) is 4.46. The van der Waals surface area contributed by atoms with Crippen LogP contribution in [-0.2, 0) is 4.74 Å². The highest BCUT2D eigenvalue weighted by Crippen LogP contribution is 2.31. The number of benzene rings is 2. The molecule has 0 radical (unpaired) electrons. The molecule has 1 aliphatic rings. The van der Waals surface area contributed by atoms with Crippen LogP contribution in [0, 0.1) is 6.92 Å². The van der Waals surface area contributed by atoms with E-state index < -0.39 is 5.91 Å². The van der Waals surface area contributed by atoms with Crippen LogP contribution in [0.4, 0.5) is 5.69 Å². The standard InChI is InChI=1S/C23H22ClN3O4/c1-14-20(21(27-31-14)16-8-2-4-10-18(16)24)23(29)26-19-11-5-3-9-17(19)22(28)25-13-15-7-6-12-30-15/h2-5,8-11,15H,6-7,12-13H2,1H3,(H,25,28)(H,26,29). The van der Waals surface area contributed by atoms with E-state index in [9.17, 15) is 9.59 Å². The average molecular weight is 440 g/mol. The van der Waals surface area contributed by atoms with E-state index in [2.05, 4.69) is 15.8 Å². The number of halogens is 1. The van der Waals surface area contributed by atoms with E-state index in [-0.39, 0.29) is 17.6 Å². The highest BCUT2D eigenvalue weighted by Gasteiger charge is 2.24. The summed E-state index contributed by atoms with van der Waals surface area (Å²) in [5.74, 6) is -0.361. The number of ether oxygens (including phenoxy) is 1. The van der Waals surface area contributed by atoms with Crippen LogP contribution >= 0.6 is 11.6 Å². The predicted molar refractivity (Wildman–Crippen MR) is 117 cm³/mol. The number of carbonyl (C=O) groups is 2. The quantitative estimate of drug-likeness (QED) is 0.591. The molecule has 160 valence electrons. The lowest BCUT2D eigenvalue weighted by molar-refractivity contribution is 0.0858. The molecule has 0 bridgehead atoms. The van der Waals surface area contributed by atoms with Gasteiger partial charge in [0.15, 0.2) is 0 Å². The molecule has 0 saturated carbocycles. The molecule has 1 unspecified atom stereocenters. The fourth-order valence-corrected chi connectivity index (χ4v) is 3.78. The molecule has 4 rings (SSSR count). The lowest BCUT2D eigenvalue weighted by Gasteiger charge is -2.14. The molecule has 2 amide bonds. The number of aryl methyl sites for hydroxylation is 1. The second-order valence-corrected chi connectivity index (χ2v) is 7.69. The van der Waals surface area contributed by atoms with Gasteiger partial charge in [0, 0.05) is 18.7 Å². The minimum Gasteiger partial charge on any atom is -0.376 e. The molecule has 31 heavy (non-hydrogen) atoms. The van der Waals surface area contributed by atoms with E-state index in [1.54, 1.807) is 55.5 Å². The van der Waals surface area contributed by atoms with Crippen LogP contribution in [0.15, 0.2) is 53.1 Å². The molecule has 1 fully saturated rings. The van der Waals surface area contributed by atoms with E-state index in [0.29, 0.717) is 39.8 Å². The van der Waals surface area contributed by atoms with Crippen LogP contribution in [-0.4, -0.2) is 36.2 Å². The first-order valence-corrected chi connectivity index (χ1v) is 10.4. The van der Waals surface area contributed by atoms with Crippen LogP contribution in [0.2, 0.25) is 5.02 Å². The van der Waals surface area contributed by atoms with Crippen molar-refractivity contribution in [3.63, 3.8) is 0 Å². The summed E-state index contributed by atoms with van der Waals surface area (Å²) in [5.41, 5.74) is 1.96. The number of hydrogen-bond acceptors (Lipinski definition) is 5. The maximum Gasteiger partial charge on any atom is 0.261 e. The van der Waals surface area contributed by atoms with Crippen LogP contribution in [0.3, 0.4) is 0 Å². The SMILES string of the molecule is Cc1onc(-c2ccccc2Cl)c1C(=O)Nc1ccccc1C(=O)NCC1CCCO1. The van der Waals surface area contributed by atoms with Crippen molar-refractivity contribution < 1.29 is 18.8 Å². The Bertz CT molecular complexity index is 1110. The summed E-state index contributed by atoms with van der Waals surface area (Å²) in [4.78, 5) is 25.9. The molecule has 8 heteroatoms. The van der Waals surface area contributed by atoms with E-state index in [1.165, 1.54) is 0 Å². The van der Waals surface area contributed by atoms with Gasteiger partial charge in [-0.25, -0.2) is 0 Å². The normalized spacial score (nSPS) is 15.6. The monoisotopic (exact) mass is 439 g/mol. The van der Waals surface area contributed by atoms with Crippen molar-refractivity contribution in [3.05, 3.63) is 70.4 Å². The molecule has 2 aromatic carbocycles. The molecule has 0 spiro atoms. The molecule has 1 atom stereocenters. The fraction of sp³-hybridized carbons (Fsp3) is 0.261. The van der Waals surface area contributed by atoms with Crippen molar-refractivity contribution in [1.82, 2.24) is 10.5 Å². The second kappa shape index (κ2) is 9.32. The number of carbonyl (C=O) groups excluding carboxylic acids is 2. The number of para-hydroxylation sites is 1. The second-order valence-electron chi connectivity index (χ2n) is 7.29. The summed E-state index contributed by atoms with van der Waals surface area (Å²) in [5, 5.41) is 10.2. The Morgan fingerprint density at radius 3 is 2.68 bits per heavy atom. The average Bonchev–Trinajstić information content (AvgIpc) is 3.42. The van der Waals surface area contributed by atoms with Gasteiger partial charge >= 0.3 is 0 Å². The minimum absolute atomic E-state index is 0.0311. The topological polar surface area (TPSA) is 93.5 Å². The summed E-state index contributed by atoms with van der Waals surface area (Å²) in [7, 11) is 0. The third-order valence-electron chi connectivity index (χ3n) is 5.15. The zero-order chi connectivity index (χ0) is 21.8. The van der Waals surface area contributed by atoms with Crippen molar-refractivity contribution in [2.45, 2.75) is 25.9 Å². The van der Waals surface area contributed by atoms with E-state index >= 15 is 0 Å². The third-order valence-corrected chi connectivity index (χ3v) is 5.48. The van der Waals surface area contributed by atoms with Crippen molar-refractivity contribution >= 4 is 29.1 Å². The van der Waals surface area contributed by atoms with Gasteiger partial charge in [-0.2, -0.15) is 0 Å². The van der Waals surface area contributed by atoms with Gasteiger partial charge in [-0.05, 0) is 38.0 Å². The molecule has 7 nitrogen and oxygen atoms in total. The first kappa shape index (κ1) is 21.1. The van der Waals surface area contributed by atoms with Crippen molar-refractivity contribution in [2.75, 3.05) is 18.5 Å². The van der Waals surface area contributed by atoms with Gasteiger partial charge in [0.2, 0.25) is 0 Å². The van der Waals surface area contributed by atoms with Gasteiger partial charge in [0.25, 0.3) is 11.8 Å². The van der Waals surface area contributed by atoms with Crippen molar-refractivity contribution in [3.8, 4) is 11.3 Å². The van der Waals surface area contributed by atoms with E-state index in [0.717, 1.165) is 19.4 Å². The van der Waals surface area contributed by atoms with E-state index in [1.807, 2.05) is 0 Å². The van der Waals surface area contributed by atoms with Gasteiger partial charge in [-0.15, -0.1) is 0 Å². The molecular formula is C23H22ClN3O4. The smallest absolute Gasteiger partial charge is 0.261 e. The van der Waals surface area contributed by atoms with Crippen molar-refractivity contribution in [2.24, 2.45) is 0 Å². The first-order valence-electron chi connectivity index (χ1n) is 10.1. The van der Waals surface area contributed by atoms with Gasteiger partial charge in [-0.1, -0.05) is 47.1 Å². The first-order chi connectivity index (χ1) is 15.0. The van der Waals surface area contributed by atoms with Gasteiger partial charge < -0.3 is 19.9 Å². The lowest BCUT2D eigenvalue weighted by atomic mass is 10.0. The molecule has 3 aromatic rings. The number of rotatable bonds is 6. The number of anilines is 1. The number of amides is 2.